The standard InChI is InChI=1S/C4H9FS/c1-4(3-5)6-2/h4H,3H2,1-2H3. The first kappa shape index (κ1) is 6.28. The molecule has 0 saturated heterocycles. The Morgan fingerprint density at radius 1 is 1.83 bits per heavy atom. The van der Waals surface area contributed by atoms with Crippen molar-refractivity contribution in [1.82, 2.24) is 0 Å². The van der Waals surface area contributed by atoms with Gasteiger partial charge in [-0.1, -0.05) is 6.92 Å². The van der Waals surface area contributed by atoms with Gasteiger partial charge < -0.3 is 0 Å². The molecule has 0 fully saturated rings. The number of thioether (sulfide) groups is 1. The van der Waals surface area contributed by atoms with Gasteiger partial charge in [0, 0.05) is 5.25 Å². The second kappa shape index (κ2) is 3.47. The van der Waals surface area contributed by atoms with Crippen LogP contribution in [0.3, 0.4) is 0 Å². The van der Waals surface area contributed by atoms with E-state index in [1.165, 1.54) is 0 Å². The molecule has 0 spiro atoms. The van der Waals surface area contributed by atoms with Gasteiger partial charge in [0.25, 0.3) is 0 Å². The molecule has 0 bridgehead atoms. The summed E-state index contributed by atoms with van der Waals surface area (Å²) in [6.07, 6.45) is 1.91. The van der Waals surface area contributed by atoms with E-state index in [0.717, 1.165) is 0 Å². The fourth-order valence-corrected chi connectivity index (χ4v) is 0.189. The van der Waals surface area contributed by atoms with E-state index in [4.69, 9.17) is 0 Å². The van der Waals surface area contributed by atoms with E-state index in [1.54, 1.807) is 11.8 Å². The molecule has 0 nitrogen and oxygen atoms in total. The highest BCUT2D eigenvalue weighted by atomic mass is 32.2. The monoisotopic (exact) mass is 108 g/mol. The Bertz CT molecular complexity index is 26.7. The molecule has 2 heteroatoms. The van der Waals surface area contributed by atoms with Crippen molar-refractivity contribution in [2.75, 3.05) is 12.9 Å². The summed E-state index contributed by atoms with van der Waals surface area (Å²) in [5, 5.41) is 0.185. The fourth-order valence-electron chi connectivity index (χ4n) is 0.0630. The van der Waals surface area contributed by atoms with Crippen LogP contribution in [-0.2, 0) is 0 Å². The molecule has 0 aliphatic heterocycles. The number of alkyl halides is 1. The third-order valence-corrected chi connectivity index (χ3v) is 1.55. The smallest absolute Gasteiger partial charge is 0.101 e. The highest BCUT2D eigenvalue weighted by molar-refractivity contribution is 7.99. The summed E-state index contributed by atoms with van der Waals surface area (Å²) in [5.74, 6) is 0. The van der Waals surface area contributed by atoms with Crippen molar-refractivity contribution >= 4 is 11.8 Å². The summed E-state index contributed by atoms with van der Waals surface area (Å²) in [4.78, 5) is 0. The molecule has 0 aromatic heterocycles. The SMILES string of the molecule is CSC(C)CF. The Hall–Kier alpha value is 0.280. The molecule has 0 heterocycles. The number of halogens is 1. The first-order valence-electron chi connectivity index (χ1n) is 1.90. The van der Waals surface area contributed by atoms with Crippen LogP contribution < -0.4 is 0 Å². The highest BCUT2D eigenvalue weighted by Crippen LogP contribution is 2.03. The maximum Gasteiger partial charge on any atom is 0.101 e. The van der Waals surface area contributed by atoms with Crippen molar-refractivity contribution in [1.29, 1.82) is 0 Å². The zero-order valence-electron chi connectivity index (χ0n) is 4.07. The van der Waals surface area contributed by atoms with E-state index >= 15 is 0 Å². The van der Waals surface area contributed by atoms with Gasteiger partial charge >= 0.3 is 0 Å². The van der Waals surface area contributed by atoms with Crippen molar-refractivity contribution in [2.24, 2.45) is 0 Å². The van der Waals surface area contributed by atoms with Crippen LogP contribution in [0.25, 0.3) is 0 Å². The minimum Gasteiger partial charge on any atom is -0.250 e. The Morgan fingerprint density at radius 2 is 2.33 bits per heavy atom. The van der Waals surface area contributed by atoms with Gasteiger partial charge in [0.15, 0.2) is 0 Å². The molecular formula is C4H9FS. The molecule has 1 unspecified atom stereocenters. The van der Waals surface area contributed by atoms with Crippen LogP contribution in [0.4, 0.5) is 4.39 Å². The van der Waals surface area contributed by atoms with Crippen molar-refractivity contribution in [3.8, 4) is 0 Å². The lowest BCUT2D eigenvalue weighted by Crippen LogP contribution is -1.94. The maximum atomic E-state index is 11.4. The lowest BCUT2D eigenvalue weighted by molar-refractivity contribution is 0.495. The van der Waals surface area contributed by atoms with Crippen molar-refractivity contribution in [3.63, 3.8) is 0 Å². The fraction of sp³-hybridized carbons (Fsp3) is 1.00. The molecule has 0 aromatic carbocycles. The molecule has 0 rings (SSSR count). The second-order valence-corrected chi connectivity index (χ2v) is 2.48. The zero-order chi connectivity index (χ0) is 4.99. The van der Waals surface area contributed by atoms with Crippen LogP contribution in [0.2, 0.25) is 0 Å². The minimum atomic E-state index is -0.207. The molecule has 0 saturated carbocycles. The summed E-state index contributed by atoms with van der Waals surface area (Å²) >= 11 is 1.55. The molecule has 6 heavy (non-hydrogen) atoms. The topological polar surface area (TPSA) is 0 Å². The molecule has 38 valence electrons. The van der Waals surface area contributed by atoms with Crippen LogP contribution >= 0.6 is 11.8 Å². The Balaban J connectivity index is 2.75. The van der Waals surface area contributed by atoms with E-state index in [9.17, 15) is 4.39 Å². The number of rotatable bonds is 2. The van der Waals surface area contributed by atoms with Gasteiger partial charge in [0.05, 0.1) is 0 Å². The Morgan fingerprint density at radius 3 is 2.33 bits per heavy atom. The van der Waals surface area contributed by atoms with Crippen LogP contribution in [0.5, 0.6) is 0 Å². The summed E-state index contributed by atoms with van der Waals surface area (Å²) in [6.45, 7) is 1.66. The molecular weight excluding hydrogens is 99.1 g/mol. The first-order valence-corrected chi connectivity index (χ1v) is 3.18. The number of hydrogen-bond acceptors (Lipinski definition) is 1. The van der Waals surface area contributed by atoms with Crippen LogP contribution in [0.15, 0.2) is 0 Å². The quantitative estimate of drug-likeness (QED) is 0.519. The zero-order valence-corrected chi connectivity index (χ0v) is 4.89. The third kappa shape index (κ3) is 2.51. The molecule has 0 aliphatic rings. The van der Waals surface area contributed by atoms with E-state index in [-0.39, 0.29) is 11.9 Å². The van der Waals surface area contributed by atoms with E-state index in [2.05, 4.69) is 0 Å². The second-order valence-electron chi connectivity index (χ2n) is 1.20. The molecule has 0 aliphatic carbocycles. The Labute approximate surface area is 42.1 Å². The van der Waals surface area contributed by atoms with Gasteiger partial charge in [-0.25, -0.2) is 4.39 Å². The largest absolute Gasteiger partial charge is 0.250 e. The predicted molar refractivity (Wildman–Crippen MR) is 29.0 cm³/mol. The predicted octanol–water partition coefficient (Wildman–Crippen LogP) is 1.71. The summed E-state index contributed by atoms with van der Waals surface area (Å²) < 4.78 is 11.4. The summed E-state index contributed by atoms with van der Waals surface area (Å²) in [6, 6.07) is 0. The van der Waals surface area contributed by atoms with Gasteiger partial charge in [-0.2, -0.15) is 11.8 Å². The van der Waals surface area contributed by atoms with E-state index in [0.29, 0.717) is 0 Å². The highest BCUT2D eigenvalue weighted by Gasteiger charge is 1.92. The van der Waals surface area contributed by atoms with Gasteiger partial charge in [-0.15, -0.1) is 0 Å². The third-order valence-electron chi connectivity index (χ3n) is 0.620. The van der Waals surface area contributed by atoms with Gasteiger partial charge in [0.1, 0.15) is 6.67 Å². The van der Waals surface area contributed by atoms with Crippen molar-refractivity contribution < 1.29 is 4.39 Å². The molecule has 1 atom stereocenters. The number of hydrogen-bond donors (Lipinski definition) is 0. The van der Waals surface area contributed by atoms with Gasteiger partial charge in [0.2, 0.25) is 0 Å². The lowest BCUT2D eigenvalue weighted by Gasteiger charge is -1.95. The summed E-state index contributed by atoms with van der Waals surface area (Å²) in [5.41, 5.74) is 0. The average molecular weight is 108 g/mol. The Kier molecular flexibility index (Phi) is 3.63. The van der Waals surface area contributed by atoms with Crippen molar-refractivity contribution in [3.05, 3.63) is 0 Å². The summed E-state index contributed by atoms with van der Waals surface area (Å²) in [7, 11) is 0. The van der Waals surface area contributed by atoms with Gasteiger partial charge in [-0.05, 0) is 6.26 Å². The van der Waals surface area contributed by atoms with Crippen LogP contribution in [0.1, 0.15) is 6.92 Å². The van der Waals surface area contributed by atoms with Crippen molar-refractivity contribution in [2.45, 2.75) is 12.2 Å². The molecule has 0 N–H and O–H groups in total. The molecule has 0 amide bonds. The van der Waals surface area contributed by atoms with Crippen LogP contribution in [-0.4, -0.2) is 18.2 Å². The van der Waals surface area contributed by atoms with Gasteiger partial charge in [-0.3, -0.25) is 0 Å². The van der Waals surface area contributed by atoms with E-state index in [1.807, 2.05) is 13.2 Å². The molecule has 0 aromatic rings. The first-order chi connectivity index (χ1) is 2.81. The molecule has 0 radical (unpaired) electrons. The van der Waals surface area contributed by atoms with E-state index < -0.39 is 0 Å². The lowest BCUT2D eigenvalue weighted by atomic mass is 10.5. The maximum absolute atomic E-state index is 11.4. The average Bonchev–Trinajstić information content (AvgIpc) is 1.65. The van der Waals surface area contributed by atoms with Crippen LogP contribution in [0, 0.1) is 0 Å². The minimum absolute atomic E-state index is 0.185. The normalized spacial score (nSPS) is 14.5.